The van der Waals surface area contributed by atoms with E-state index >= 15 is 9.59 Å². The highest BCUT2D eigenvalue weighted by molar-refractivity contribution is 7.99. The zero-order valence-corrected chi connectivity index (χ0v) is 68.9. The molecular weight excluding hydrogens is 1580 g/mol. The first-order chi connectivity index (χ1) is 57.1. The summed E-state index contributed by atoms with van der Waals surface area (Å²) in [6, 6.07) is 6.73. The number of nitriles is 1. The Bertz CT molecular complexity index is 5430. The van der Waals surface area contributed by atoms with Crippen molar-refractivity contribution in [2.75, 3.05) is 93.9 Å². The Morgan fingerprint density at radius 1 is 0.546 bits per heavy atom. The van der Waals surface area contributed by atoms with Crippen LogP contribution in [0.2, 0.25) is 0 Å². The number of carbonyl (C=O) groups excluding carboxylic acids is 6. The molecule has 4 saturated heterocycles. The van der Waals surface area contributed by atoms with E-state index in [2.05, 4.69) is 33.9 Å². The van der Waals surface area contributed by atoms with Crippen molar-refractivity contribution in [2.45, 2.75) is 149 Å². The van der Waals surface area contributed by atoms with Crippen LogP contribution in [0.3, 0.4) is 0 Å². The molecular formula is C85H89N7O25S2. The van der Waals surface area contributed by atoms with E-state index in [9.17, 15) is 50.0 Å². The molecule has 14 aliphatic heterocycles. The fourth-order valence-electron chi connectivity index (χ4n) is 21.2. The Kier molecular flexibility index (Phi) is 20.2. The maximum Gasteiger partial charge on any atom is 0.415 e. The highest BCUT2D eigenvalue weighted by atomic mass is 32.2. The second kappa shape index (κ2) is 30.0. The minimum Gasteiger partial charge on any atom is -0.504 e. The molecule has 5 N–H and O–H groups in total. The summed E-state index contributed by atoms with van der Waals surface area (Å²) >= 11 is 2.60. The number of likely N-dealkylation sites (N-methyl/N-ethyl adjacent to an activating group) is 2. The van der Waals surface area contributed by atoms with Gasteiger partial charge in [-0.2, -0.15) is 5.26 Å². The minimum atomic E-state index is -1.86. The number of methoxy groups -OCH3 is 4. The van der Waals surface area contributed by atoms with Crippen molar-refractivity contribution in [2.24, 2.45) is 0 Å². The van der Waals surface area contributed by atoms with Crippen molar-refractivity contribution in [3.05, 3.63) is 151 Å². The Labute approximate surface area is 692 Å². The van der Waals surface area contributed by atoms with Gasteiger partial charge in [-0.15, -0.1) is 23.5 Å². The van der Waals surface area contributed by atoms with E-state index in [0.717, 1.165) is 34.8 Å². The van der Waals surface area contributed by atoms with E-state index < -0.39 is 112 Å². The number of rotatable bonds is 8. The van der Waals surface area contributed by atoms with Gasteiger partial charge in [0.2, 0.25) is 13.6 Å². The Hall–Kier alpha value is -11.2. The number of benzene rings is 6. The van der Waals surface area contributed by atoms with Crippen molar-refractivity contribution >= 4 is 59.6 Å². The number of hydrogen-bond acceptors (Lipinski definition) is 32. The standard InChI is InChI=1S/C43H44N4O12S.C42H45N3O13S/c1-8-55-42(52)46-10-9-22-13-28(49)29(53-6)14-24(22)43(46)17-60-40-32-31(39-38(57-18-58-39)20(3)37(32)59-21(4)48)27(16-56-41(43)51)47-26(15-44)25-12-23-11-19(2)36(54-7)35(50)30(23)33(34(40)47)45(25)5;1-8-54-41(51)44-10-9-21-13-26(47)27(52-6)14-23(21)42(44)16-59-38-30-29(37-36(56-17-57-37)19(3)35(30)58-20(4)46)25(15-55-40(42)50)45-32(38)31-28-22(12-24(39(45)49)43(31)5)11-18(2)34(53-7)33(28)48/h8,11,13-14,25-27,33-34,40,49-50H,1,9-10,12,16-18H2,2-7H3;8,11,13-14,24-25,31-32,38-39,47-49H,1,9-10,12,15-17H2,2-7H3/t25-,26-,27-,33+,34?,40+,43+;24-,25-,31+,32?,38+,39-,42+/m00/s1. The number of amides is 2. The number of phenols is 4. The zero-order chi connectivity index (χ0) is 84.3. The Balaban J connectivity index is 0.000000170. The second-order valence-corrected chi connectivity index (χ2v) is 33.7. The fraction of sp³-hybridized carbons (Fsp3) is 0.447. The van der Waals surface area contributed by atoms with Crippen LogP contribution in [0.15, 0.2) is 62.1 Å². The summed E-state index contributed by atoms with van der Waals surface area (Å²) in [7, 11) is 9.63. The van der Waals surface area contributed by atoms with Crippen LogP contribution in [0.1, 0.15) is 138 Å². The summed E-state index contributed by atoms with van der Waals surface area (Å²) in [6.07, 6.45) is 0.512. The van der Waals surface area contributed by atoms with Gasteiger partial charge in [0.25, 0.3) is 0 Å². The number of aromatic hydroxyl groups is 4. The van der Waals surface area contributed by atoms with Crippen LogP contribution in [-0.4, -0.2) is 221 Å². The third kappa shape index (κ3) is 11.7. The van der Waals surface area contributed by atoms with E-state index in [1.54, 1.807) is 26.0 Å². The zero-order valence-electron chi connectivity index (χ0n) is 67.3. The Morgan fingerprint density at radius 2 is 0.958 bits per heavy atom. The molecule has 8 bridgehead atoms. The smallest absolute Gasteiger partial charge is 0.415 e. The van der Waals surface area contributed by atoms with E-state index in [1.807, 2.05) is 45.0 Å². The van der Waals surface area contributed by atoms with Gasteiger partial charge < -0.3 is 91.8 Å². The predicted molar refractivity (Wildman–Crippen MR) is 423 cm³/mol. The van der Waals surface area contributed by atoms with Gasteiger partial charge in [-0.1, -0.05) is 25.3 Å². The number of fused-ring (bicyclic) bond motifs is 18. The van der Waals surface area contributed by atoms with Gasteiger partial charge in [-0.25, -0.2) is 19.2 Å². The average Bonchev–Trinajstić information content (AvgIpc) is 1.48. The van der Waals surface area contributed by atoms with Crippen LogP contribution in [0.25, 0.3) is 0 Å². The maximum absolute atomic E-state index is 15.3. The molecule has 2 spiro atoms. The molecule has 14 heterocycles. The van der Waals surface area contributed by atoms with E-state index in [-0.39, 0.29) is 116 Å². The molecule has 0 saturated carbocycles. The number of hydrogen-bond donors (Lipinski definition) is 5. The first-order valence-corrected chi connectivity index (χ1v) is 40.9. The van der Waals surface area contributed by atoms with Crippen LogP contribution in [0.4, 0.5) is 9.59 Å². The lowest BCUT2D eigenvalue weighted by Crippen LogP contribution is -2.70. The molecule has 2 amide bonds. The number of thioether (sulfide) groups is 2. The molecule has 0 aromatic heterocycles. The molecule has 4 fully saturated rings. The topological polar surface area (TPSA) is 376 Å². The number of aryl methyl sites for hydroxylation is 2. The van der Waals surface area contributed by atoms with E-state index in [1.165, 1.54) is 87.7 Å². The van der Waals surface area contributed by atoms with Crippen LogP contribution >= 0.6 is 23.5 Å². The number of esters is 4. The number of phenolic OH excluding ortho intramolecular Hbond substituents is 4. The fourth-order valence-corrected chi connectivity index (χ4v) is 24.6. The van der Waals surface area contributed by atoms with Gasteiger partial charge >= 0.3 is 36.1 Å². The SMILES string of the molecule is C=COC(=O)N1CCc2cc(O)c(OC)cc2[C@@]12CS[C@@H]1c3c(OC(C)=O)c(C)c4c(c3[C@H](COC2=O)N2C1[C@H]1c3c(cc(C)c(OC)c3O)C[C@@H]([C@@H]2C#N)N1C)OCO4.C=COC(=O)N1CCc2cc(O)c(OC)cc2[C@@]12CS[C@@H]1c3c(OC(C)=O)c(C)c4c(c3[C@H](COC2=O)N2C1[C@H]1c3c(cc(C)c(OC)c3O)C[C@@H]([C@@H]2O)N1C)OCO4. The summed E-state index contributed by atoms with van der Waals surface area (Å²) < 4.78 is 82.9. The summed E-state index contributed by atoms with van der Waals surface area (Å²) in [6.45, 7) is 16.2. The van der Waals surface area contributed by atoms with Crippen molar-refractivity contribution < 1.29 is 121 Å². The van der Waals surface area contributed by atoms with E-state index in [0.29, 0.717) is 114 Å². The van der Waals surface area contributed by atoms with Crippen molar-refractivity contribution in [1.82, 2.24) is 29.4 Å². The maximum atomic E-state index is 15.3. The molecule has 119 heavy (non-hydrogen) atoms. The second-order valence-electron chi connectivity index (χ2n) is 31.5. The number of nitrogens with zero attached hydrogens (tertiary/aromatic N) is 7. The number of piperazine rings is 2. The van der Waals surface area contributed by atoms with Crippen LogP contribution in [-0.2, 0) is 74.9 Å². The summed E-state index contributed by atoms with van der Waals surface area (Å²) in [5.74, 6) is -0.563. The third-order valence-corrected chi connectivity index (χ3v) is 28.8. The van der Waals surface area contributed by atoms with Crippen molar-refractivity contribution in [1.29, 1.82) is 5.26 Å². The number of aliphatic hydroxyl groups is 1. The van der Waals surface area contributed by atoms with Crippen molar-refractivity contribution in [3.8, 4) is 86.6 Å². The third-order valence-electron chi connectivity index (χ3n) is 25.9. The minimum absolute atomic E-state index is 0.0156. The van der Waals surface area contributed by atoms with Gasteiger partial charge in [0.15, 0.2) is 80.1 Å². The van der Waals surface area contributed by atoms with Gasteiger partial charge in [0, 0.05) is 101 Å². The lowest BCUT2D eigenvalue weighted by molar-refractivity contribution is -0.188. The predicted octanol–water partition coefficient (Wildman–Crippen LogP) is 9.39. The first-order valence-electron chi connectivity index (χ1n) is 38.8. The Morgan fingerprint density at radius 3 is 1.37 bits per heavy atom. The largest absolute Gasteiger partial charge is 0.504 e. The lowest BCUT2D eigenvalue weighted by atomic mass is 9.71. The van der Waals surface area contributed by atoms with Gasteiger partial charge in [-0.05, 0) is 136 Å². The van der Waals surface area contributed by atoms with Crippen LogP contribution < -0.4 is 47.4 Å². The van der Waals surface area contributed by atoms with Crippen molar-refractivity contribution in [3.63, 3.8) is 0 Å². The molecule has 6 aromatic rings. The molecule has 14 aliphatic rings. The van der Waals surface area contributed by atoms with Crippen LogP contribution in [0.5, 0.6) is 80.5 Å². The normalized spacial score (nSPS) is 27.6. The number of carbonyl (C=O) groups is 6. The molecule has 32 nitrogen and oxygen atoms in total. The molecule has 0 aliphatic carbocycles. The molecule has 14 atom stereocenters. The van der Waals surface area contributed by atoms with Gasteiger partial charge in [0.1, 0.15) is 37.0 Å². The monoisotopic (exact) mass is 1670 g/mol. The molecule has 6 aromatic carbocycles. The van der Waals surface area contributed by atoms with Gasteiger partial charge in [-0.3, -0.25) is 39.0 Å². The molecule has 2 unspecified atom stereocenters. The summed E-state index contributed by atoms with van der Waals surface area (Å²) in [5, 5.41) is 68.4. The lowest BCUT2D eigenvalue weighted by Gasteiger charge is -2.62. The molecule has 626 valence electrons. The molecule has 0 radical (unpaired) electrons. The highest BCUT2D eigenvalue weighted by Crippen LogP contribution is 2.68. The average molecular weight is 1670 g/mol. The highest BCUT2D eigenvalue weighted by Gasteiger charge is 2.66. The van der Waals surface area contributed by atoms with Crippen LogP contribution in [0, 0.1) is 39.0 Å². The summed E-state index contributed by atoms with van der Waals surface area (Å²) in [5.41, 5.74) is 5.91. The van der Waals surface area contributed by atoms with Gasteiger partial charge in [0.05, 0.1) is 87.7 Å². The summed E-state index contributed by atoms with van der Waals surface area (Å²) in [4.78, 5) is 95.4. The first kappa shape index (κ1) is 80.2. The molecule has 20 rings (SSSR count). The number of ether oxygens (including phenoxy) is 14. The number of aliphatic hydroxyl groups excluding tert-OH is 1. The van der Waals surface area contributed by atoms with E-state index in [4.69, 9.17) is 66.3 Å². The quantitative estimate of drug-likeness (QED) is 0.0410. The molecule has 34 heteroatoms.